The van der Waals surface area contributed by atoms with Crippen LogP contribution < -0.4 is 4.90 Å². The summed E-state index contributed by atoms with van der Waals surface area (Å²) in [5.74, 6) is 0. The van der Waals surface area contributed by atoms with Crippen LogP contribution in [0, 0.1) is 0 Å². The van der Waals surface area contributed by atoms with E-state index in [4.69, 9.17) is 0 Å². The molecule has 0 unspecified atom stereocenters. The van der Waals surface area contributed by atoms with Crippen molar-refractivity contribution >= 4 is 40.1 Å². The third kappa shape index (κ3) is 2.79. The molecule has 4 aromatic carbocycles. The zero-order valence-electron chi connectivity index (χ0n) is 19.8. The second-order valence-corrected chi connectivity index (χ2v) is 9.74. The summed E-state index contributed by atoms with van der Waals surface area (Å²) in [6.45, 7) is 4.65. The van der Waals surface area contributed by atoms with Crippen molar-refractivity contribution in [2.45, 2.75) is 19.3 Å². The van der Waals surface area contributed by atoms with E-state index >= 15 is 0 Å². The van der Waals surface area contributed by atoms with Gasteiger partial charge >= 0.3 is 0 Å². The van der Waals surface area contributed by atoms with Crippen LogP contribution in [0.2, 0.25) is 0 Å². The molecule has 0 saturated heterocycles. The Morgan fingerprint density at radius 3 is 2.03 bits per heavy atom. The van der Waals surface area contributed by atoms with Crippen molar-refractivity contribution in [2.24, 2.45) is 0 Å². The molecule has 0 fully saturated rings. The summed E-state index contributed by atoms with van der Waals surface area (Å²) >= 11 is 0. The fraction of sp³-hybridized carbons (Fsp3) is 0.0909. The van der Waals surface area contributed by atoms with Gasteiger partial charge in [-0.15, -0.1) is 0 Å². The van der Waals surface area contributed by atoms with Crippen LogP contribution in [-0.4, -0.2) is 4.57 Å². The van der Waals surface area contributed by atoms with E-state index in [0.717, 1.165) is 17.1 Å². The van der Waals surface area contributed by atoms with E-state index in [2.05, 4.69) is 132 Å². The minimum absolute atomic E-state index is 0.0690. The number of anilines is 3. The predicted molar refractivity (Wildman–Crippen MR) is 146 cm³/mol. The summed E-state index contributed by atoms with van der Waals surface area (Å²) in [6, 6.07) is 35.0. The Hall–Kier alpha value is -4.48. The van der Waals surface area contributed by atoms with Crippen molar-refractivity contribution < 1.29 is 0 Å². The van der Waals surface area contributed by atoms with Gasteiger partial charge in [-0.2, -0.15) is 0 Å². The van der Waals surface area contributed by atoms with Crippen molar-refractivity contribution in [3.63, 3.8) is 0 Å². The molecule has 35 heavy (non-hydrogen) atoms. The number of hydrogen-bond donors (Lipinski definition) is 0. The molecule has 0 spiro atoms. The zero-order chi connectivity index (χ0) is 23.6. The molecule has 1 aliphatic carbocycles. The van der Waals surface area contributed by atoms with Gasteiger partial charge in [-0.3, -0.25) is 0 Å². The van der Waals surface area contributed by atoms with Gasteiger partial charge < -0.3 is 9.47 Å². The second kappa shape index (κ2) is 7.26. The van der Waals surface area contributed by atoms with Gasteiger partial charge in [-0.1, -0.05) is 86.0 Å². The normalized spacial score (nSPS) is 14.6. The van der Waals surface area contributed by atoms with E-state index in [9.17, 15) is 0 Å². The highest BCUT2D eigenvalue weighted by Crippen LogP contribution is 2.51. The molecule has 5 aromatic rings. The van der Waals surface area contributed by atoms with E-state index in [-0.39, 0.29) is 5.41 Å². The quantitative estimate of drug-likeness (QED) is 0.241. The number of hydrogen-bond acceptors (Lipinski definition) is 1. The predicted octanol–water partition coefficient (Wildman–Crippen LogP) is 8.53. The summed E-state index contributed by atoms with van der Waals surface area (Å²) in [4.78, 5) is 2.41. The molecule has 0 atom stereocenters. The second-order valence-electron chi connectivity index (χ2n) is 9.74. The fourth-order valence-corrected chi connectivity index (χ4v) is 5.80. The molecule has 0 saturated carbocycles. The molecular weight excluding hydrogens is 424 g/mol. The van der Waals surface area contributed by atoms with E-state index in [1.807, 2.05) is 12.2 Å². The minimum atomic E-state index is -0.0690. The lowest BCUT2D eigenvalue weighted by Crippen LogP contribution is -2.30. The van der Waals surface area contributed by atoms with Crippen molar-refractivity contribution in [1.29, 1.82) is 0 Å². The number of aromatic nitrogens is 1. The first-order chi connectivity index (χ1) is 17.1. The van der Waals surface area contributed by atoms with Crippen LogP contribution in [0.5, 0.6) is 0 Å². The summed E-state index contributed by atoms with van der Waals surface area (Å²) in [5, 5.41) is 1.23. The Morgan fingerprint density at radius 1 is 0.629 bits per heavy atom. The maximum absolute atomic E-state index is 3.16. The lowest BCUT2D eigenvalue weighted by molar-refractivity contribution is 0.632. The van der Waals surface area contributed by atoms with Crippen molar-refractivity contribution in [3.05, 3.63) is 131 Å². The third-order valence-corrected chi connectivity index (χ3v) is 7.44. The Bertz CT molecular complexity index is 1700. The SMILES string of the molecule is CC1(C)c2ccccc2N(c2cccc(-n3c4c(c5ccccc53)C=C=C=C4)c2)c2ccccc21. The summed E-state index contributed by atoms with van der Waals surface area (Å²) in [5.41, 5.74) is 17.2. The standard InChI is InChI=1S/C33H24N2/c1-33(2)27-16-5-9-20-31(27)35(32-21-10-6-17-28(32)33)24-13-11-12-23(22-24)34-29-18-7-3-14-25(29)26-15-4-8-19-30(26)34/h3,5-7,9-22H,1-2H3. The monoisotopic (exact) mass is 448 g/mol. The van der Waals surface area contributed by atoms with Gasteiger partial charge in [0.15, 0.2) is 0 Å². The maximum Gasteiger partial charge on any atom is 0.0631 e. The van der Waals surface area contributed by atoms with Crippen LogP contribution in [0.4, 0.5) is 17.1 Å². The summed E-state index contributed by atoms with van der Waals surface area (Å²) in [7, 11) is 0. The molecule has 7 rings (SSSR count). The topological polar surface area (TPSA) is 8.17 Å². The highest BCUT2D eigenvalue weighted by atomic mass is 15.2. The van der Waals surface area contributed by atoms with E-state index in [1.54, 1.807) is 0 Å². The van der Waals surface area contributed by atoms with E-state index in [1.165, 1.54) is 39.0 Å². The number of nitrogens with zero attached hydrogens (tertiary/aromatic N) is 2. The molecule has 2 aliphatic rings. The Kier molecular flexibility index (Phi) is 4.13. The molecule has 0 amide bonds. The first-order valence-corrected chi connectivity index (χ1v) is 12.0. The van der Waals surface area contributed by atoms with Crippen molar-refractivity contribution in [3.8, 4) is 5.69 Å². The van der Waals surface area contributed by atoms with E-state index < -0.39 is 0 Å². The average Bonchev–Trinajstić information content (AvgIpc) is 3.24. The van der Waals surface area contributed by atoms with Crippen molar-refractivity contribution in [2.75, 3.05) is 4.90 Å². The van der Waals surface area contributed by atoms with Gasteiger partial charge in [0.25, 0.3) is 0 Å². The van der Waals surface area contributed by atoms with Crippen LogP contribution >= 0.6 is 0 Å². The van der Waals surface area contributed by atoms with Crippen LogP contribution in [0.1, 0.15) is 36.2 Å². The molecule has 0 N–H and O–H groups in total. The molecule has 0 radical (unpaired) electrons. The minimum Gasteiger partial charge on any atom is -0.310 e. The molecule has 1 aliphatic heterocycles. The lowest BCUT2D eigenvalue weighted by Gasteiger charge is -2.42. The van der Waals surface area contributed by atoms with Gasteiger partial charge in [0.05, 0.1) is 22.6 Å². The first kappa shape index (κ1) is 19.9. The van der Waals surface area contributed by atoms with Crippen LogP contribution in [-0.2, 0) is 5.41 Å². The zero-order valence-corrected chi connectivity index (χ0v) is 19.8. The van der Waals surface area contributed by atoms with Crippen LogP contribution in [0.25, 0.3) is 28.7 Å². The number of fused-ring (bicyclic) bond motifs is 5. The Labute approximate surface area is 205 Å². The highest BCUT2D eigenvalue weighted by molar-refractivity contribution is 5.96. The van der Waals surface area contributed by atoms with Gasteiger partial charge in [-0.05, 0) is 53.6 Å². The number of para-hydroxylation sites is 3. The molecular formula is C33H24N2. The first-order valence-electron chi connectivity index (χ1n) is 12.0. The maximum atomic E-state index is 3.16. The largest absolute Gasteiger partial charge is 0.310 e. The molecule has 1 aromatic heterocycles. The van der Waals surface area contributed by atoms with Gasteiger partial charge in [-0.25, -0.2) is 0 Å². The lowest BCUT2D eigenvalue weighted by atomic mass is 9.73. The third-order valence-electron chi connectivity index (χ3n) is 7.44. The molecule has 2 heterocycles. The van der Waals surface area contributed by atoms with Crippen LogP contribution in [0.3, 0.4) is 0 Å². The molecule has 166 valence electrons. The van der Waals surface area contributed by atoms with Gasteiger partial charge in [0, 0.05) is 33.8 Å². The average molecular weight is 449 g/mol. The Balaban J connectivity index is 1.48. The summed E-state index contributed by atoms with van der Waals surface area (Å²) in [6.07, 6.45) is 4.08. The molecule has 0 bridgehead atoms. The summed E-state index contributed by atoms with van der Waals surface area (Å²) < 4.78 is 2.34. The molecule has 2 heteroatoms. The van der Waals surface area contributed by atoms with Crippen LogP contribution in [0.15, 0.2) is 109 Å². The molecule has 2 nitrogen and oxygen atoms in total. The Morgan fingerprint density at radius 2 is 1.26 bits per heavy atom. The van der Waals surface area contributed by atoms with E-state index in [0.29, 0.717) is 0 Å². The van der Waals surface area contributed by atoms with Crippen molar-refractivity contribution in [1.82, 2.24) is 4.57 Å². The van der Waals surface area contributed by atoms with Gasteiger partial charge in [0.1, 0.15) is 0 Å². The number of benzene rings is 4. The number of rotatable bonds is 2. The smallest absolute Gasteiger partial charge is 0.0631 e. The van der Waals surface area contributed by atoms with Gasteiger partial charge in [0.2, 0.25) is 0 Å². The fourth-order valence-electron chi connectivity index (χ4n) is 5.80. The highest BCUT2D eigenvalue weighted by Gasteiger charge is 2.36.